The lowest BCUT2D eigenvalue weighted by molar-refractivity contribution is 0.110. The molecular weight excluding hydrogens is 202 g/mol. The van der Waals surface area contributed by atoms with E-state index in [1.54, 1.807) is 0 Å². The lowest BCUT2D eigenvalue weighted by Crippen LogP contribution is -2.03. The molecule has 1 aromatic heterocycles. The normalized spacial score (nSPS) is 11.1. The van der Waals surface area contributed by atoms with Crippen molar-refractivity contribution in [3.63, 3.8) is 0 Å². The molecular formula is C12H23N3O. The lowest BCUT2D eigenvalue weighted by Gasteiger charge is -2.08. The van der Waals surface area contributed by atoms with Crippen LogP contribution in [-0.4, -0.2) is 23.4 Å². The molecule has 92 valence electrons. The lowest BCUT2D eigenvalue weighted by atomic mass is 10.1. The number of aryl methyl sites for hydroxylation is 2. The highest BCUT2D eigenvalue weighted by Gasteiger charge is 2.11. The molecule has 0 unspecified atom stereocenters. The third-order valence-electron chi connectivity index (χ3n) is 2.67. The largest absolute Gasteiger partial charge is 0.377 e. The van der Waals surface area contributed by atoms with Crippen LogP contribution in [-0.2, 0) is 18.4 Å². The van der Waals surface area contributed by atoms with Gasteiger partial charge >= 0.3 is 0 Å². The number of rotatable bonds is 6. The maximum absolute atomic E-state index is 5.67. The molecule has 0 aliphatic rings. The monoisotopic (exact) mass is 225 g/mol. The van der Waals surface area contributed by atoms with Gasteiger partial charge < -0.3 is 10.1 Å². The fourth-order valence-corrected chi connectivity index (χ4v) is 1.68. The van der Waals surface area contributed by atoms with Gasteiger partial charge in [-0.2, -0.15) is 5.10 Å². The van der Waals surface area contributed by atoms with Crippen LogP contribution in [0.4, 0.5) is 5.82 Å². The molecule has 1 N–H and O–H groups in total. The molecule has 0 radical (unpaired) electrons. The van der Waals surface area contributed by atoms with Gasteiger partial charge in [0.15, 0.2) is 0 Å². The first kappa shape index (κ1) is 13.0. The van der Waals surface area contributed by atoms with Crippen LogP contribution < -0.4 is 5.32 Å². The van der Waals surface area contributed by atoms with Crippen molar-refractivity contribution in [1.82, 2.24) is 9.78 Å². The number of anilines is 1. The molecule has 0 amide bonds. The minimum Gasteiger partial charge on any atom is -0.377 e. The van der Waals surface area contributed by atoms with E-state index >= 15 is 0 Å². The molecule has 0 spiro atoms. The molecule has 4 heteroatoms. The summed E-state index contributed by atoms with van der Waals surface area (Å²) in [6.45, 7) is 7.88. The van der Waals surface area contributed by atoms with Gasteiger partial charge in [-0.1, -0.05) is 13.8 Å². The fraction of sp³-hybridized carbons (Fsp3) is 0.750. The Hall–Kier alpha value is -1.03. The zero-order valence-electron chi connectivity index (χ0n) is 11.0. The molecule has 16 heavy (non-hydrogen) atoms. The maximum atomic E-state index is 5.67. The molecule has 1 aromatic rings. The molecule has 0 atom stereocenters. The van der Waals surface area contributed by atoms with Gasteiger partial charge in [-0.15, -0.1) is 0 Å². The van der Waals surface area contributed by atoms with Crippen molar-refractivity contribution in [2.45, 2.75) is 33.8 Å². The van der Waals surface area contributed by atoms with E-state index in [0.717, 1.165) is 30.1 Å². The number of hydrogen-bond acceptors (Lipinski definition) is 3. The van der Waals surface area contributed by atoms with Crippen molar-refractivity contribution in [2.24, 2.45) is 13.0 Å². The highest BCUT2D eigenvalue weighted by Crippen LogP contribution is 2.19. The van der Waals surface area contributed by atoms with Crippen molar-refractivity contribution >= 4 is 5.82 Å². The molecule has 0 aromatic carbocycles. The Morgan fingerprint density at radius 3 is 2.69 bits per heavy atom. The summed E-state index contributed by atoms with van der Waals surface area (Å²) in [7, 11) is 3.85. The Morgan fingerprint density at radius 1 is 1.44 bits per heavy atom. The number of nitrogens with one attached hydrogen (secondary N) is 1. The molecule has 1 rings (SSSR count). The predicted molar refractivity (Wildman–Crippen MR) is 66.6 cm³/mol. The standard InChI is InChI=1S/C12H23N3O/c1-9(2)6-7-16-8-11-10(3)14-15(5)12(11)13-4/h9,13H,6-8H2,1-5H3. The van der Waals surface area contributed by atoms with E-state index in [9.17, 15) is 0 Å². The van der Waals surface area contributed by atoms with Crippen molar-refractivity contribution in [3.05, 3.63) is 11.3 Å². The minimum atomic E-state index is 0.641. The van der Waals surface area contributed by atoms with Crippen molar-refractivity contribution < 1.29 is 4.74 Å². The van der Waals surface area contributed by atoms with E-state index in [1.807, 2.05) is 25.7 Å². The first-order valence-electron chi connectivity index (χ1n) is 5.84. The van der Waals surface area contributed by atoms with Crippen molar-refractivity contribution in [1.29, 1.82) is 0 Å². The maximum Gasteiger partial charge on any atom is 0.129 e. The molecule has 0 fully saturated rings. The van der Waals surface area contributed by atoms with Gasteiger partial charge in [0.05, 0.1) is 12.3 Å². The minimum absolute atomic E-state index is 0.641. The molecule has 0 bridgehead atoms. The number of ether oxygens (including phenoxy) is 1. The van der Waals surface area contributed by atoms with Crippen LogP contribution in [0.15, 0.2) is 0 Å². The van der Waals surface area contributed by atoms with Crippen LogP contribution in [0.25, 0.3) is 0 Å². The van der Waals surface area contributed by atoms with Gasteiger partial charge in [0.1, 0.15) is 5.82 Å². The zero-order valence-corrected chi connectivity index (χ0v) is 11.0. The summed E-state index contributed by atoms with van der Waals surface area (Å²) in [6.07, 6.45) is 1.11. The molecule has 4 nitrogen and oxygen atoms in total. The average molecular weight is 225 g/mol. The third-order valence-corrected chi connectivity index (χ3v) is 2.67. The van der Waals surface area contributed by atoms with Crippen LogP contribution in [0.5, 0.6) is 0 Å². The predicted octanol–water partition coefficient (Wildman–Crippen LogP) is 2.33. The van der Waals surface area contributed by atoms with Gasteiger partial charge in [-0.25, -0.2) is 0 Å². The second kappa shape index (κ2) is 5.89. The number of nitrogens with zero attached hydrogens (tertiary/aromatic N) is 2. The van der Waals surface area contributed by atoms with Crippen LogP contribution >= 0.6 is 0 Å². The van der Waals surface area contributed by atoms with Crippen LogP contribution in [0, 0.1) is 12.8 Å². The quantitative estimate of drug-likeness (QED) is 0.755. The summed E-state index contributed by atoms with van der Waals surface area (Å²) >= 11 is 0. The second-order valence-corrected chi connectivity index (χ2v) is 4.52. The fourth-order valence-electron chi connectivity index (χ4n) is 1.68. The highest BCUT2D eigenvalue weighted by molar-refractivity contribution is 5.46. The molecule has 0 saturated carbocycles. The van der Waals surface area contributed by atoms with Crippen molar-refractivity contribution in [2.75, 3.05) is 19.0 Å². The van der Waals surface area contributed by atoms with Crippen LogP contribution in [0.1, 0.15) is 31.5 Å². The molecule has 0 aliphatic carbocycles. The SMILES string of the molecule is CNc1c(COCCC(C)C)c(C)nn1C. The first-order chi connectivity index (χ1) is 7.56. The smallest absolute Gasteiger partial charge is 0.129 e. The topological polar surface area (TPSA) is 39.1 Å². The highest BCUT2D eigenvalue weighted by atomic mass is 16.5. The van der Waals surface area contributed by atoms with E-state index in [0.29, 0.717) is 12.5 Å². The Kier molecular flexibility index (Phi) is 4.80. The second-order valence-electron chi connectivity index (χ2n) is 4.52. The van der Waals surface area contributed by atoms with Crippen LogP contribution in [0.3, 0.4) is 0 Å². The third kappa shape index (κ3) is 3.23. The Balaban J connectivity index is 2.53. The van der Waals surface area contributed by atoms with Gasteiger partial charge in [0.2, 0.25) is 0 Å². The van der Waals surface area contributed by atoms with Gasteiger partial charge in [-0.05, 0) is 19.3 Å². The zero-order chi connectivity index (χ0) is 12.1. The Morgan fingerprint density at radius 2 is 2.12 bits per heavy atom. The van der Waals surface area contributed by atoms with E-state index in [2.05, 4.69) is 24.3 Å². The summed E-state index contributed by atoms with van der Waals surface area (Å²) in [5.41, 5.74) is 2.20. The van der Waals surface area contributed by atoms with E-state index in [4.69, 9.17) is 4.74 Å². The first-order valence-corrected chi connectivity index (χ1v) is 5.84. The number of hydrogen-bond donors (Lipinski definition) is 1. The van der Waals surface area contributed by atoms with E-state index < -0.39 is 0 Å². The average Bonchev–Trinajstić information content (AvgIpc) is 2.47. The summed E-state index contributed by atoms with van der Waals surface area (Å²) in [5.74, 6) is 1.74. The summed E-state index contributed by atoms with van der Waals surface area (Å²) < 4.78 is 7.53. The number of aromatic nitrogens is 2. The summed E-state index contributed by atoms with van der Waals surface area (Å²) in [6, 6.07) is 0. The Labute approximate surface area is 98.0 Å². The van der Waals surface area contributed by atoms with Crippen LogP contribution in [0.2, 0.25) is 0 Å². The van der Waals surface area contributed by atoms with E-state index in [1.165, 1.54) is 0 Å². The Bertz CT molecular complexity index is 331. The molecule has 1 heterocycles. The van der Waals surface area contributed by atoms with Gasteiger partial charge in [-0.3, -0.25) is 4.68 Å². The summed E-state index contributed by atoms with van der Waals surface area (Å²) in [5, 5.41) is 7.52. The molecule has 0 aliphatic heterocycles. The van der Waals surface area contributed by atoms with Gasteiger partial charge in [0.25, 0.3) is 0 Å². The van der Waals surface area contributed by atoms with Gasteiger partial charge in [0, 0.05) is 26.3 Å². The van der Waals surface area contributed by atoms with Crippen molar-refractivity contribution in [3.8, 4) is 0 Å². The summed E-state index contributed by atoms with van der Waals surface area (Å²) in [4.78, 5) is 0. The molecule has 0 saturated heterocycles. The van der Waals surface area contributed by atoms with E-state index in [-0.39, 0.29) is 0 Å².